The molecule has 0 radical (unpaired) electrons. The minimum Gasteiger partial charge on any atom is -0.394 e. The highest BCUT2D eigenvalue weighted by atomic mass is 32.5. The standard InChI is InChI=1S/C9H13N3O4.H3O3PS/c10-7-1-2-12(9(15)11-7)8-3-5(14)6(4-13)16-8;1-4(2,3)5/h1-2,5-6,8,13-14H,3-4H2,(H2,10,11,15);(H3,1,2,3,5)/t5-,6+,8+;/m0./s1. The largest absolute Gasteiger partial charge is 0.394 e. The number of aliphatic hydroxyl groups is 2. The molecule has 0 bridgehead atoms. The fourth-order valence-corrected chi connectivity index (χ4v) is 1.70. The van der Waals surface area contributed by atoms with Crippen LogP contribution in [0.3, 0.4) is 0 Å². The lowest BCUT2D eigenvalue weighted by Gasteiger charge is -2.13. The molecule has 0 aromatic carbocycles. The lowest BCUT2D eigenvalue weighted by Crippen LogP contribution is -2.27. The van der Waals surface area contributed by atoms with Crippen LogP contribution < -0.4 is 11.4 Å². The van der Waals surface area contributed by atoms with E-state index in [9.17, 15) is 9.90 Å². The van der Waals surface area contributed by atoms with Crippen molar-refractivity contribution in [3.8, 4) is 0 Å². The van der Waals surface area contributed by atoms with Gasteiger partial charge in [0.25, 0.3) is 0 Å². The summed E-state index contributed by atoms with van der Waals surface area (Å²) >= 11 is 3.60. The SMILES string of the molecule is Nc1ccn([C@H]2C[C@H](O)[C@@H](CO)O2)c(=O)n1.OP(O)(O)=S. The summed E-state index contributed by atoms with van der Waals surface area (Å²) in [6.07, 6.45) is -0.333. The third kappa shape index (κ3) is 6.16. The van der Waals surface area contributed by atoms with E-state index in [0.29, 0.717) is 0 Å². The molecule has 7 N–H and O–H groups in total. The highest BCUT2D eigenvalue weighted by molar-refractivity contribution is 8.06. The normalized spacial score (nSPS) is 25.3. The van der Waals surface area contributed by atoms with Crippen LogP contribution in [-0.4, -0.2) is 53.3 Å². The summed E-state index contributed by atoms with van der Waals surface area (Å²) in [6.45, 7) is -4.09. The first kappa shape index (κ1) is 18.1. The van der Waals surface area contributed by atoms with Crippen molar-refractivity contribution in [3.63, 3.8) is 0 Å². The van der Waals surface area contributed by atoms with Gasteiger partial charge in [-0.3, -0.25) is 4.57 Å². The van der Waals surface area contributed by atoms with Crippen molar-refractivity contribution < 1.29 is 29.6 Å². The van der Waals surface area contributed by atoms with Crippen molar-refractivity contribution in [2.45, 2.75) is 24.9 Å². The van der Waals surface area contributed by atoms with E-state index in [1.165, 1.54) is 16.8 Å². The van der Waals surface area contributed by atoms with E-state index in [-0.39, 0.29) is 18.8 Å². The minimum atomic E-state index is -3.81. The number of nitrogens with two attached hydrogens (primary N) is 1. The number of nitrogens with zero attached hydrogens (tertiary/aromatic N) is 2. The average Bonchev–Trinajstić information content (AvgIpc) is 2.68. The Balaban J connectivity index is 0.000000383. The molecule has 0 spiro atoms. The first-order chi connectivity index (χ1) is 9.61. The van der Waals surface area contributed by atoms with Gasteiger partial charge in [0.05, 0.1) is 12.7 Å². The molecule has 0 saturated carbocycles. The summed E-state index contributed by atoms with van der Waals surface area (Å²) < 4.78 is 6.56. The van der Waals surface area contributed by atoms with Gasteiger partial charge in [-0.25, -0.2) is 4.79 Å². The van der Waals surface area contributed by atoms with Gasteiger partial charge in [-0.15, -0.1) is 0 Å². The first-order valence-corrected chi connectivity index (χ1v) is 8.35. The zero-order chi connectivity index (χ0) is 16.2. The third-order valence-electron chi connectivity index (χ3n) is 2.55. The van der Waals surface area contributed by atoms with Crippen molar-refractivity contribution in [1.29, 1.82) is 0 Å². The minimum absolute atomic E-state index is 0.138. The van der Waals surface area contributed by atoms with E-state index in [4.69, 9.17) is 30.3 Å². The van der Waals surface area contributed by atoms with E-state index in [1.54, 1.807) is 0 Å². The molecule has 0 amide bonds. The Morgan fingerprint density at radius 3 is 2.52 bits per heavy atom. The number of ether oxygens (including phenoxy) is 1. The summed E-state index contributed by atoms with van der Waals surface area (Å²) in [4.78, 5) is 37.7. The van der Waals surface area contributed by atoms with Crippen LogP contribution in [0.5, 0.6) is 0 Å². The Morgan fingerprint density at radius 2 is 2.10 bits per heavy atom. The van der Waals surface area contributed by atoms with Gasteiger partial charge in [0.1, 0.15) is 18.1 Å². The number of nitrogen functional groups attached to an aromatic ring is 1. The van der Waals surface area contributed by atoms with Gasteiger partial charge < -0.3 is 35.4 Å². The van der Waals surface area contributed by atoms with E-state index < -0.39 is 30.8 Å². The van der Waals surface area contributed by atoms with Gasteiger partial charge in [-0.05, 0) is 17.9 Å². The molecular formula is C9H16N3O7PS. The summed E-state index contributed by atoms with van der Waals surface area (Å²) in [5.41, 5.74) is 4.82. The quantitative estimate of drug-likeness (QED) is 0.320. The Bertz CT molecular complexity index is 568. The summed E-state index contributed by atoms with van der Waals surface area (Å²) in [7, 11) is 0. The molecule has 1 aromatic heterocycles. The summed E-state index contributed by atoms with van der Waals surface area (Å²) in [6, 6.07) is 1.48. The molecule has 1 aliphatic heterocycles. The molecule has 120 valence electrons. The lowest BCUT2D eigenvalue weighted by atomic mass is 10.2. The number of hydrogen-bond donors (Lipinski definition) is 6. The first-order valence-electron chi connectivity index (χ1n) is 5.69. The second-order valence-electron chi connectivity index (χ2n) is 4.17. The number of anilines is 1. The second-order valence-corrected chi connectivity index (χ2v) is 6.67. The molecule has 21 heavy (non-hydrogen) atoms. The maximum atomic E-state index is 11.5. The van der Waals surface area contributed by atoms with E-state index in [0.717, 1.165) is 0 Å². The molecule has 1 aromatic rings. The number of hydrogen-bond acceptors (Lipinski definition) is 7. The topological polar surface area (TPSA) is 171 Å². The van der Waals surface area contributed by atoms with Crippen LogP contribution in [0, 0.1) is 0 Å². The van der Waals surface area contributed by atoms with E-state index in [2.05, 4.69) is 16.8 Å². The molecular weight excluding hydrogens is 325 g/mol. The highest BCUT2D eigenvalue weighted by Gasteiger charge is 2.34. The highest BCUT2D eigenvalue weighted by Crippen LogP contribution is 2.27. The molecule has 10 nitrogen and oxygen atoms in total. The van der Waals surface area contributed by atoms with Gasteiger partial charge in [0.15, 0.2) is 0 Å². The third-order valence-corrected chi connectivity index (χ3v) is 2.55. The zero-order valence-electron chi connectivity index (χ0n) is 10.7. The maximum Gasteiger partial charge on any atom is 0.351 e. The molecule has 1 aliphatic rings. The number of aromatic nitrogens is 2. The van der Waals surface area contributed by atoms with Crippen molar-refractivity contribution in [1.82, 2.24) is 9.55 Å². The van der Waals surface area contributed by atoms with Crippen LogP contribution in [0.4, 0.5) is 5.82 Å². The average molecular weight is 341 g/mol. The van der Waals surface area contributed by atoms with Gasteiger partial charge in [-0.1, -0.05) is 0 Å². The molecule has 0 unspecified atom stereocenters. The Hall–Kier alpha value is -0.910. The maximum absolute atomic E-state index is 11.5. The van der Waals surface area contributed by atoms with Crippen LogP contribution in [0.15, 0.2) is 17.1 Å². The number of rotatable bonds is 2. The van der Waals surface area contributed by atoms with Crippen LogP contribution >= 0.6 is 6.72 Å². The smallest absolute Gasteiger partial charge is 0.351 e. The monoisotopic (exact) mass is 341 g/mol. The molecule has 2 heterocycles. The molecule has 2 rings (SSSR count). The van der Waals surface area contributed by atoms with Gasteiger partial charge in [0.2, 0.25) is 0 Å². The fraction of sp³-hybridized carbons (Fsp3) is 0.556. The predicted octanol–water partition coefficient (Wildman–Crippen LogP) is -2.35. The van der Waals surface area contributed by atoms with Crippen LogP contribution in [0.25, 0.3) is 0 Å². The Kier molecular flexibility index (Phi) is 6.38. The summed E-state index contributed by atoms with van der Waals surface area (Å²) in [5.74, 6) is 0.138. The predicted molar refractivity (Wildman–Crippen MR) is 75.5 cm³/mol. The molecule has 0 aliphatic carbocycles. The van der Waals surface area contributed by atoms with Crippen molar-refractivity contribution >= 4 is 24.3 Å². The second kappa shape index (κ2) is 7.38. The van der Waals surface area contributed by atoms with Gasteiger partial charge in [-0.2, -0.15) is 4.98 Å². The van der Waals surface area contributed by atoms with Gasteiger partial charge in [0, 0.05) is 12.6 Å². The van der Waals surface area contributed by atoms with Gasteiger partial charge >= 0.3 is 12.4 Å². The Labute approximate surface area is 124 Å². The van der Waals surface area contributed by atoms with Crippen LogP contribution in [0.2, 0.25) is 0 Å². The van der Waals surface area contributed by atoms with Crippen LogP contribution in [0.1, 0.15) is 12.6 Å². The number of aliphatic hydroxyl groups excluding tert-OH is 2. The molecule has 1 fully saturated rings. The molecule has 12 heteroatoms. The van der Waals surface area contributed by atoms with E-state index in [1.807, 2.05) is 0 Å². The lowest BCUT2D eigenvalue weighted by molar-refractivity contribution is -0.0458. The molecule has 1 saturated heterocycles. The van der Waals surface area contributed by atoms with Crippen molar-refractivity contribution in [2.75, 3.05) is 12.3 Å². The van der Waals surface area contributed by atoms with Crippen LogP contribution in [-0.2, 0) is 16.5 Å². The van der Waals surface area contributed by atoms with Crippen molar-refractivity contribution in [3.05, 3.63) is 22.7 Å². The summed E-state index contributed by atoms with van der Waals surface area (Å²) in [5, 5.41) is 18.4. The zero-order valence-corrected chi connectivity index (χ0v) is 12.4. The molecule has 3 atom stereocenters. The Morgan fingerprint density at radius 1 is 1.52 bits per heavy atom. The van der Waals surface area contributed by atoms with Crippen molar-refractivity contribution in [2.24, 2.45) is 0 Å². The van der Waals surface area contributed by atoms with E-state index >= 15 is 0 Å². The fourth-order valence-electron chi connectivity index (χ4n) is 1.70.